The monoisotopic (exact) mass is 265 g/mol. The zero-order valence-electron chi connectivity index (χ0n) is 10.4. The van der Waals surface area contributed by atoms with Crippen molar-refractivity contribution in [2.24, 2.45) is 11.7 Å². The third-order valence-electron chi connectivity index (χ3n) is 2.42. The first-order chi connectivity index (χ1) is 8.43. The van der Waals surface area contributed by atoms with Crippen molar-refractivity contribution in [1.82, 2.24) is 0 Å². The summed E-state index contributed by atoms with van der Waals surface area (Å²) in [5, 5.41) is 11.9. The van der Waals surface area contributed by atoms with Gasteiger partial charge in [0.1, 0.15) is 6.07 Å². The van der Waals surface area contributed by atoms with Gasteiger partial charge in [0.15, 0.2) is 0 Å². The molecule has 18 heavy (non-hydrogen) atoms. The highest BCUT2D eigenvalue weighted by Crippen LogP contribution is 2.19. The number of hydrogen-bond donors (Lipinski definition) is 2. The molecule has 1 atom stereocenters. The molecule has 96 valence electrons. The predicted molar refractivity (Wildman–Crippen MR) is 72.2 cm³/mol. The van der Waals surface area contributed by atoms with Gasteiger partial charge in [-0.3, -0.25) is 4.79 Å². The Kier molecular flexibility index (Phi) is 5.14. The van der Waals surface area contributed by atoms with E-state index in [0.717, 1.165) is 0 Å². The number of benzene rings is 1. The Morgan fingerprint density at radius 3 is 2.78 bits per heavy atom. The molecule has 0 saturated heterocycles. The zero-order valence-corrected chi connectivity index (χ0v) is 11.2. The summed E-state index contributed by atoms with van der Waals surface area (Å²) in [7, 11) is 0. The van der Waals surface area contributed by atoms with Gasteiger partial charge in [-0.15, -0.1) is 0 Å². The Bertz CT molecular complexity index is 480. The van der Waals surface area contributed by atoms with Crippen LogP contribution in [0.15, 0.2) is 18.2 Å². The number of carbonyl (C=O) groups excluding carboxylic acids is 1. The molecule has 1 rings (SSSR count). The van der Waals surface area contributed by atoms with E-state index in [0.29, 0.717) is 28.6 Å². The van der Waals surface area contributed by atoms with Crippen LogP contribution in [0.1, 0.15) is 25.8 Å². The van der Waals surface area contributed by atoms with Crippen LogP contribution >= 0.6 is 11.6 Å². The van der Waals surface area contributed by atoms with Gasteiger partial charge in [0.2, 0.25) is 5.91 Å². The second-order valence-electron chi connectivity index (χ2n) is 4.53. The number of nitriles is 1. The first-order valence-electron chi connectivity index (χ1n) is 5.70. The molecule has 0 aliphatic rings. The first kappa shape index (κ1) is 14.5. The number of hydrogen-bond acceptors (Lipinski definition) is 3. The summed E-state index contributed by atoms with van der Waals surface area (Å²) in [6, 6.07) is 6.15. The number of nitrogens with one attached hydrogen (secondary N) is 1. The summed E-state index contributed by atoms with van der Waals surface area (Å²) in [6.07, 6.45) is 0.616. The van der Waals surface area contributed by atoms with Gasteiger partial charge in [0.05, 0.1) is 16.6 Å². The smallest absolute Gasteiger partial charge is 0.241 e. The maximum absolute atomic E-state index is 11.8. The molecule has 1 unspecified atom stereocenters. The van der Waals surface area contributed by atoms with E-state index in [1.165, 1.54) is 6.07 Å². The fourth-order valence-corrected chi connectivity index (χ4v) is 1.70. The van der Waals surface area contributed by atoms with Crippen LogP contribution in [0.4, 0.5) is 5.69 Å². The lowest BCUT2D eigenvalue weighted by Crippen LogP contribution is -2.36. The van der Waals surface area contributed by atoms with Gasteiger partial charge in [0.25, 0.3) is 0 Å². The van der Waals surface area contributed by atoms with E-state index in [-0.39, 0.29) is 5.91 Å². The fourth-order valence-electron chi connectivity index (χ4n) is 1.54. The molecule has 0 aromatic heterocycles. The zero-order chi connectivity index (χ0) is 13.7. The second kappa shape index (κ2) is 6.39. The molecule has 0 bridgehead atoms. The highest BCUT2D eigenvalue weighted by atomic mass is 35.5. The highest BCUT2D eigenvalue weighted by Gasteiger charge is 2.15. The molecule has 4 nitrogen and oxygen atoms in total. The number of halogens is 1. The van der Waals surface area contributed by atoms with Crippen molar-refractivity contribution in [3.63, 3.8) is 0 Å². The third kappa shape index (κ3) is 4.02. The average Bonchev–Trinajstić information content (AvgIpc) is 2.30. The van der Waals surface area contributed by atoms with Crippen molar-refractivity contribution in [2.75, 3.05) is 5.32 Å². The second-order valence-corrected chi connectivity index (χ2v) is 4.94. The Hall–Kier alpha value is -1.57. The quantitative estimate of drug-likeness (QED) is 0.878. The number of amides is 1. The van der Waals surface area contributed by atoms with Gasteiger partial charge in [-0.1, -0.05) is 25.4 Å². The van der Waals surface area contributed by atoms with Gasteiger partial charge in [-0.2, -0.15) is 5.26 Å². The van der Waals surface area contributed by atoms with Crippen LogP contribution in [0.25, 0.3) is 0 Å². The van der Waals surface area contributed by atoms with Crippen molar-refractivity contribution in [2.45, 2.75) is 26.3 Å². The van der Waals surface area contributed by atoms with E-state index >= 15 is 0 Å². The lowest BCUT2D eigenvalue weighted by atomic mass is 10.0. The van der Waals surface area contributed by atoms with Gasteiger partial charge in [-0.05, 0) is 30.5 Å². The van der Waals surface area contributed by atoms with Crippen LogP contribution in [0.2, 0.25) is 5.02 Å². The summed E-state index contributed by atoms with van der Waals surface area (Å²) in [6.45, 7) is 4.01. The summed E-state index contributed by atoms with van der Waals surface area (Å²) in [4.78, 5) is 11.8. The summed E-state index contributed by atoms with van der Waals surface area (Å²) >= 11 is 5.80. The van der Waals surface area contributed by atoms with E-state index in [9.17, 15) is 4.79 Å². The van der Waals surface area contributed by atoms with Crippen LogP contribution in [0.5, 0.6) is 0 Å². The molecule has 1 amide bonds. The Balaban J connectivity index is 2.74. The summed E-state index contributed by atoms with van der Waals surface area (Å²) in [5.41, 5.74) is 6.62. The van der Waals surface area contributed by atoms with Gasteiger partial charge < -0.3 is 11.1 Å². The summed E-state index contributed by atoms with van der Waals surface area (Å²) < 4.78 is 0. The molecule has 1 aromatic rings. The molecule has 0 spiro atoms. The van der Waals surface area contributed by atoms with Crippen LogP contribution in [0, 0.1) is 17.2 Å². The van der Waals surface area contributed by atoms with E-state index in [1.54, 1.807) is 12.1 Å². The average molecular weight is 266 g/mol. The summed E-state index contributed by atoms with van der Waals surface area (Å²) in [5.74, 6) is 0.0977. The minimum Gasteiger partial charge on any atom is -0.325 e. The Morgan fingerprint density at radius 1 is 1.56 bits per heavy atom. The maximum atomic E-state index is 11.8. The van der Waals surface area contributed by atoms with Crippen molar-refractivity contribution in [3.05, 3.63) is 28.8 Å². The minimum atomic E-state index is -0.550. The van der Waals surface area contributed by atoms with E-state index in [1.807, 2.05) is 19.9 Å². The van der Waals surface area contributed by atoms with Crippen LogP contribution in [-0.4, -0.2) is 11.9 Å². The van der Waals surface area contributed by atoms with E-state index < -0.39 is 6.04 Å². The van der Waals surface area contributed by atoms with Crippen molar-refractivity contribution < 1.29 is 4.79 Å². The van der Waals surface area contributed by atoms with Crippen LogP contribution in [0.3, 0.4) is 0 Å². The van der Waals surface area contributed by atoms with Crippen molar-refractivity contribution in [1.29, 1.82) is 5.26 Å². The number of nitrogens with zero attached hydrogens (tertiary/aromatic N) is 1. The molecule has 0 aliphatic heterocycles. The molecule has 5 heteroatoms. The minimum absolute atomic E-state index is 0.255. The molecule has 3 N–H and O–H groups in total. The topological polar surface area (TPSA) is 78.9 Å². The van der Waals surface area contributed by atoms with E-state index in [2.05, 4.69) is 5.32 Å². The standard InChI is InChI=1S/C13H16ClN3O/c1-8(2)5-12(16)13(18)17-10-3-4-11(14)9(6-10)7-15/h3-4,6,8,12H,5,16H2,1-2H3,(H,17,18). The van der Waals surface area contributed by atoms with E-state index in [4.69, 9.17) is 22.6 Å². The molecule has 0 aliphatic carbocycles. The molecule has 0 fully saturated rings. The lowest BCUT2D eigenvalue weighted by Gasteiger charge is -2.14. The molecule has 0 heterocycles. The largest absolute Gasteiger partial charge is 0.325 e. The number of carbonyl (C=O) groups is 1. The first-order valence-corrected chi connectivity index (χ1v) is 6.08. The van der Waals surface area contributed by atoms with Crippen molar-refractivity contribution in [3.8, 4) is 6.07 Å². The Labute approximate surface area is 112 Å². The van der Waals surface area contributed by atoms with Crippen molar-refractivity contribution >= 4 is 23.2 Å². The molecule has 0 radical (unpaired) electrons. The number of anilines is 1. The lowest BCUT2D eigenvalue weighted by molar-refractivity contribution is -0.117. The fraction of sp³-hybridized carbons (Fsp3) is 0.385. The molecular weight excluding hydrogens is 250 g/mol. The molecule has 1 aromatic carbocycles. The van der Waals surface area contributed by atoms with Crippen LogP contribution < -0.4 is 11.1 Å². The molecular formula is C13H16ClN3O. The highest BCUT2D eigenvalue weighted by molar-refractivity contribution is 6.31. The third-order valence-corrected chi connectivity index (χ3v) is 2.75. The number of rotatable bonds is 4. The molecule has 0 saturated carbocycles. The van der Waals surface area contributed by atoms with Gasteiger partial charge in [0, 0.05) is 5.69 Å². The predicted octanol–water partition coefficient (Wildman–Crippen LogP) is 2.52. The van der Waals surface area contributed by atoms with Gasteiger partial charge >= 0.3 is 0 Å². The maximum Gasteiger partial charge on any atom is 0.241 e. The van der Waals surface area contributed by atoms with Crippen LogP contribution in [-0.2, 0) is 4.79 Å². The van der Waals surface area contributed by atoms with Gasteiger partial charge in [-0.25, -0.2) is 0 Å². The normalized spacial score (nSPS) is 12.0. The Morgan fingerprint density at radius 2 is 2.22 bits per heavy atom. The SMILES string of the molecule is CC(C)CC(N)C(=O)Nc1ccc(Cl)c(C#N)c1. The number of nitrogens with two attached hydrogens (primary N) is 1.